The van der Waals surface area contributed by atoms with E-state index in [2.05, 4.69) is 55.9 Å². The first kappa shape index (κ1) is 32.7. The second-order valence-electron chi connectivity index (χ2n) is 9.37. The smallest absolute Gasteiger partial charge is 0.328 e. The van der Waals surface area contributed by atoms with Crippen molar-refractivity contribution in [2.45, 2.75) is 47.6 Å². The largest absolute Gasteiger partial charge is 0.398 e. The van der Waals surface area contributed by atoms with Gasteiger partial charge in [0.2, 0.25) is 12.4 Å². The lowest BCUT2D eigenvalue weighted by Crippen LogP contribution is -2.46. The van der Waals surface area contributed by atoms with Crippen LogP contribution in [0.25, 0.3) is 0 Å². The molecule has 2 aromatic rings. The number of rotatable bonds is 9. The summed E-state index contributed by atoms with van der Waals surface area (Å²) in [6.07, 6.45) is 8.77. The van der Waals surface area contributed by atoms with E-state index in [4.69, 9.17) is 5.73 Å². The van der Waals surface area contributed by atoms with E-state index in [-0.39, 0.29) is 12.5 Å². The monoisotopic (exact) mass is 571 g/mol. The predicted octanol–water partition coefficient (Wildman–Crippen LogP) is 5.15. The molecule has 0 aliphatic heterocycles. The van der Waals surface area contributed by atoms with E-state index in [1.54, 1.807) is 37.5 Å². The van der Waals surface area contributed by atoms with Gasteiger partial charge >= 0.3 is 6.03 Å². The number of benzene rings is 2. The van der Waals surface area contributed by atoms with Gasteiger partial charge in [0.1, 0.15) is 0 Å². The van der Waals surface area contributed by atoms with Gasteiger partial charge in [0.25, 0.3) is 0 Å². The highest BCUT2D eigenvalue weighted by Gasteiger charge is 2.20. The van der Waals surface area contributed by atoms with Gasteiger partial charge in [-0.3, -0.25) is 25.3 Å². The van der Waals surface area contributed by atoms with Gasteiger partial charge in [0.05, 0.1) is 23.9 Å². The number of carbonyl (C=O) groups excluding carboxylic acids is 2. The standard InChI is InChI=1S/C31H38N7O2P/c1-7-20(3)11-21(4)12-27(8-2)38(18-23-13-22(5)29(41)24(14-23)16-32)31(40)37-30(35-19-39)36-26-9-10-28(33)25(15-26)17-34-6/h8-15,17,19H,7,18,33,41H2,1-6H3,(H2,35,36,37,39,40)/b20-11+,21-12-,27-8+,34-17?. The quantitative estimate of drug-likeness (QED) is 0.0958. The number of nitrogens with zero attached hydrogens (tertiary/aromatic N) is 4. The summed E-state index contributed by atoms with van der Waals surface area (Å²) in [6, 6.07) is 10.4. The maximum atomic E-state index is 13.8. The number of urea groups is 1. The third kappa shape index (κ3) is 9.55. The number of anilines is 1. The van der Waals surface area contributed by atoms with Gasteiger partial charge in [-0.25, -0.2) is 9.79 Å². The van der Waals surface area contributed by atoms with Crippen LogP contribution in [0, 0.1) is 18.3 Å². The molecule has 0 bridgehead atoms. The Kier molecular flexibility index (Phi) is 12.7. The molecule has 0 heterocycles. The molecule has 214 valence electrons. The molecule has 0 aromatic heterocycles. The number of nitrogens with one attached hydrogen (secondary N) is 2. The number of carbonyl (C=O) groups is 2. The summed E-state index contributed by atoms with van der Waals surface area (Å²) in [5.41, 5.74) is 12.6. The lowest BCUT2D eigenvalue weighted by molar-refractivity contribution is -0.108. The number of allylic oxidation sites excluding steroid dienone is 5. The first-order valence-corrected chi connectivity index (χ1v) is 13.6. The summed E-state index contributed by atoms with van der Waals surface area (Å²) >= 11 is 0. The highest BCUT2D eigenvalue weighted by Crippen LogP contribution is 2.21. The van der Waals surface area contributed by atoms with Crippen molar-refractivity contribution in [2.24, 2.45) is 9.98 Å². The molecule has 0 saturated carbocycles. The molecule has 2 rings (SSSR count). The fraction of sp³-hybridized carbons (Fsp3) is 0.258. The Morgan fingerprint density at radius 3 is 2.56 bits per heavy atom. The van der Waals surface area contributed by atoms with Gasteiger partial charge < -0.3 is 5.73 Å². The Morgan fingerprint density at radius 2 is 1.95 bits per heavy atom. The van der Waals surface area contributed by atoms with Crippen molar-refractivity contribution in [3.05, 3.63) is 87.7 Å². The molecule has 1 unspecified atom stereocenters. The van der Waals surface area contributed by atoms with Gasteiger partial charge in [0.15, 0.2) is 0 Å². The van der Waals surface area contributed by atoms with Crippen molar-refractivity contribution in [1.29, 1.82) is 5.26 Å². The molecule has 3 amide bonds. The minimum absolute atomic E-state index is 0.0637. The van der Waals surface area contributed by atoms with Gasteiger partial charge in [-0.1, -0.05) is 30.7 Å². The minimum atomic E-state index is -0.525. The first-order valence-electron chi connectivity index (χ1n) is 13.1. The molecular formula is C31H38N7O2P. The van der Waals surface area contributed by atoms with Crippen LogP contribution in [-0.2, 0) is 11.3 Å². The van der Waals surface area contributed by atoms with Crippen molar-refractivity contribution in [3.63, 3.8) is 0 Å². The summed E-state index contributed by atoms with van der Waals surface area (Å²) in [5, 5.41) is 15.6. The van der Waals surface area contributed by atoms with Crippen LogP contribution in [0.1, 0.15) is 56.4 Å². The van der Waals surface area contributed by atoms with Crippen molar-refractivity contribution in [3.8, 4) is 6.07 Å². The summed E-state index contributed by atoms with van der Waals surface area (Å²) in [7, 11) is 4.22. The first-order chi connectivity index (χ1) is 19.6. The van der Waals surface area contributed by atoms with E-state index in [1.807, 2.05) is 39.0 Å². The Morgan fingerprint density at radius 1 is 1.22 bits per heavy atom. The lowest BCUT2D eigenvalue weighted by Gasteiger charge is -2.25. The van der Waals surface area contributed by atoms with E-state index < -0.39 is 6.03 Å². The van der Waals surface area contributed by atoms with E-state index in [9.17, 15) is 14.9 Å². The highest BCUT2D eigenvalue weighted by molar-refractivity contribution is 7.27. The Bertz CT molecular complexity index is 1480. The van der Waals surface area contributed by atoms with Gasteiger partial charge in [-0.15, -0.1) is 9.24 Å². The Labute approximate surface area is 244 Å². The molecule has 1 atom stereocenters. The van der Waals surface area contributed by atoms with E-state index in [0.29, 0.717) is 34.6 Å². The molecule has 2 aromatic carbocycles. The number of hydrogen-bond donors (Lipinski definition) is 3. The van der Waals surface area contributed by atoms with E-state index in [0.717, 1.165) is 28.4 Å². The number of nitrogen functional groups attached to an aromatic ring is 1. The molecule has 0 aliphatic rings. The number of aliphatic imine (C=N–C) groups is 2. The highest BCUT2D eigenvalue weighted by atomic mass is 31.0. The zero-order valence-corrected chi connectivity index (χ0v) is 25.6. The molecule has 0 fully saturated rings. The molecular weight excluding hydrogens is 533 g/mol. The van der Waals surface area contributed by atoms with Crippen LogP contribution in [0.4, 0.5) is 16.2 Å². The maximum Gasteiger partial charge on any atom is 0.328 e. The predicted molar refractivity (Wildman–Crippen MR) is 172 cm³/mol. The van der Waals surface area contributed by atoms with Crippen LogP contribution in [0.2, 0.25) is 0 Å². The number of amides is 3. The summed E-state index contributed by atoms with van der Waals surface area (Å²) < 4.78 is 0. The molecule has 0 aliphatic carbocycles. The topological polar surface area (TPSA) is 136 Å². The molecule has 0 spiro atoms. The molecule has 4 N–H and O–H groups in total. The average Bonchev–Trinajstić information content (AvgIpc) is 2.94. The van der Waals surface area contributed by atoms with E-state index in [1.165, 1.54) is 10.5 Å². The zero-order valence-electron chi connectivity index (χ0n) is 24.4. The van der Waals surface area contributed by atoms with Crippen LogP contribution in [0.15, 0.2) is 75.4 Å². The molecule has 41 heavy (non-hydrogen) atoms. The second kappa shape index (κ2) is 15.9. The number of nitrogens with two attached hydrogens (primary N) is 1. The molecule has 0 saturated heterocycles. The number of hydrogen-bond acceptors (Lipinski definition) is 6. The van der Waals surface area contributed by atoms with Crippen molar-refractivity contribution < 1.29 is 9.59 Å². The third-order valence-electron chi connectivity index (χ3n) is 6.17. The van der Waals surface area contributed by atoms with Crippen LogP contribution in [0.5, 0.6) is 0 Å². The maximum absolute atomic E-state index is 13.8. The molecule has 9 nitrogen and oxygen atoms in total. The number of nitriles is 1. The lowest BCUT2D eigenvalue weighted by atomic mass is 10.1. The van der Waals surface area contributed by atoms with Gasteiger partial charge in [-0.2, -0.15) is 5.26 Å². The Balaban J connectivity index is 2.57. The fourth-order valence-electron chi connectivity index (χ4n) is 3.94. The second-order valence-corrected chi connectivity index (χ2v) is 9.95. The van der Waals surface area contributed by atoms with Gasteiger partial charge in [0, 0.05) is 30.2 Å². The zero-order chi connectivity index (χ0) is 30.5. The summed E-state index contributed by atoms with van der Waals surface area (Å²) in [5.74, 6) is -0.0637. The minimum Gasteiger partial charge on any atom is -0.398 e. The van der Waals surface area contributed by atoms with Crippen LogP contribution in [0.3, 0.4) is 0 Å². The van der Waals surface area contributed by atoms with Crippen molar-refractivity contribution in [2.75, 3.05) is 12.8 Å². The normalized spacial score (nSPS) is 12.7. The van der Waals surface area contributed by atoms with E-state index >= 15 is 0 Å². The third-order valence-corrected chi connectivity index (χ3v) is 6.93. The molecule has 10 heteroatoms. The fourth-order valence-corrected chi connectivity index (χ4v) is 4.17. The van der Waals surface area contributed by atoms with Crippen LogP contribution >= 0.6 is 9.24 Å². The van der Waals surface area contributed by atoms with Crippen molar-refractivity contribution >= 4 is 50.5 Å². The Hall–Kier alpha value is -4.54. The molecule has 0 radical (unpaired) electrons. The summed E-state index contributed by atoms with van der Waals surface area (Å²) in [6.45, 7) is 10.0. The van der Waals surface area contributed by atoms with Crippen LogP contribution < -0.4 is 21.7 Å². The van der Waals surface area contributed by atoms with Crippen LogP contribution in [-0.4, -0.2) is 36.6 Å². The number of aryl methyl sites for hydroxylation is 1. The average molecular weight is 572 g/mol. The SMILES string of the molecule is C\C=C(/C=C(C)\C=C(/C)CC)N(Cc1cc(C)c(P)c(C#N)c1)C(=O)NC(=Nc1ccc(N)c(C=NC)c1)NC=O. The van der Waals surface area contributed by atoms with Crippen molar-refractivity contribution in [1.82, 2.24) is 15.5 Å². The van der Waals surface area contributed by atoms with Gasteiger partial charge in [-0.05, 0) is 86.5 Å². The summed E-state index contributed by atoms with van der Waals surface area (Å²) in [4.78, 5) is 35.2. The number of guanidine groups is 1.